The van der Waals surface area contributed by atoms with E-state index in [2.05, 4.69) is 15.9 Å². The van der Waals surface area contributed by atoms with Crippen LogP contribution in [0.2, 0.25) is 0 Å². The van der Waals surface area contributed by atoms with Crippen molar-refractivity contribution in [3.63, 3.8) is 0 Å². The van der Waals surface area contributed by atoms with Crippen LogP contribution in [0.5, 0.6) is 0 Å². The second kappa shape index (κ2) is 5.85. The Morgan fingerprint density at radius 3 is 2.70 bits per heavy atom. The van der Waals surface area contributed by atoms with Crippen molar-refractivity contribution in [2.45, 2.75) is 32.9 Å². The fourth-order valence-corrected chi connectivity index (χ4v) is 3.56. The number of nitrogens with zero attached hydrogens (tertiary/aromatic N) is 1. The molecule has 6 heteroatoms. The van der Waals surface area contributed by atoms with E-state index in [1.807, 2.05) is 18.2 Å². The van der Waals surface area contributed by atoms with Gasteiger partial charge in [0.25, 0.3) is 5.91 Å². The molecule has 120 valence electrons. The molecule has 1 aromatic heterocycles. The fourth-order valence-electron chi connectivity index (χ4n) is 3.00. The normalized spacial score (nSPS) is 17.0. The Morgan fingerprint density at radius 1 is 1.35 bits per heavy atom. The van der Waals surface area contributed by atoms with Crippen molar-refractivity contribution in [3.8, 4) is 0 Å². The van der Waals surface area contributed by atoms with Gasteiger partial charge in [-0.25, -0.2) is 4.79 Å². The van der Waals surface area contributed by atoms with E-state index in [9.17, 15) is 14.7 Å². The van der Waals surface area contributed by atoms with Crippen LogP contribution in [0.1, 0.15) is 33.0 Å². The molecular weight excluding hydrogens is 362 g/mol. The first-order valence-corrected chi connectivity index (χ1v) is 8.05. The molecule has 1 atom stereocenters. The molecule has 1 aliphatic rings. The maximum absolute atomic E-state index is 12.8. The number of aryl methyl sites for hydroxylation is 2. The maximum atomic E-state index is 12.8. The predicted octanol–water partition coefficient (Wildman–Crippen LogP) is 3.31. The summed E-state index contributed by atoms with van der Waals surface area (Å²) in [4.78, 5) is 25.8. The molecule has 0 saturated heterocycles. The lowest BCUT2D eigenvalue weighted by atomic mass is 9.93. The van der Waals surface area contributed by atoms with E-state index in [1.54, 1.807) is 19.9 Å². The lowest BCUT2D eigenvalue weighted by molar-refractivity contribution is -0.142. The molecule has 23 heavy (non-hydrogen) atoms. The van der Waals surface area contributed by atoms with Gasteiger partial charge < -0.3 is 14.4 Å². The van der Waals surface area contributed by atoms with E-state index < -0.39 is 12.0 Å². The molecule has 1 unspecified atom stereocenters. The molecule has 2 aromatic rings. The average Bonchev–Trinajstić information content (AvgIpc) is 2.84. The minimum atomic E-state index is -1.01. The van der Waals surface area contributed by atoms with E-state index in [0.29, 0.717) is 5.76 Å². The molecule has 0 bridgehead atoms. The zero-order chi connectivity index (χ0) is 16.7. The Balaban J connectivity index is 2.01. The van der Waals surface area contributed by atoms with Gasteiger partial charge in [0, 0.05) is 23.0 Å². The van der Waals surface area contributed by atoms with E-state index in [1.165, 1.54) is 4.90 Å². The first-order valence-electron chi connectivity index (χ1n) is 7.25. The summed E-state index contributed by atoms with van der Waals surface area (Å²) in [7, 11) is 0. The smallest absolute Gasteiger partial charge is 0.326 e. The standard InChI is InChI=1S/C17H16BrNO4/c1-9-6-10(2)23-15(9)16(20)19-8-11-4-3-5-13(18)12(11)7-14(19)17(21)22/h3-6,14H,7-8H2,1-2H3,(H,21,22). The Kier molecular flexibility index (Phi) is 4.02. The van der Waals surface area contributed by atoms with E-state index in [0.717, 1.165) is 21.2 Å². The highest BCUT2D eigenvalue weighted by molar-refractivity contribution is 9.10. The number of carbonyl (C=O) groups excluding carboxylic acids is 1. The van der Waals surface area contributed by atoms with Crippen LogP contribution in [-0.2, 0) is 17.8 Å². The first-order chi connectivity index (χ1) is 10.9. The summed E-state index contributed by atoms with van der Waals surface area (Å²) in [6.07, 6.45) is 0.274. The number of halogens is 1. The van der Waals surface area contributed by atoms with E-state index in [-0.39, 0.29) is 24.6 Å². The Bertz CT molecular complexity index is 796. The van der Waals surface area contributed by atoms with Gasteiger partial charge >= 0.3 is 5.97 Å². The third-order valence-corrected chi connectivity index (χ3v) is 4.85. The lowest BCUT2D eigenvalue weighted by Gasteiger charge is -2.34. The molecular formula is C17H16BrNO4. The topological polar surface area (TPSA) is 70.8 Å². The zero-order valence-electron chi connectivity index (χ0n) is 12.8. The maximum Gasteiger partial charge on any atom is 0.326 e. The summed E-state index contributed by atoms with van der Waals surface area (Å²) < 4.78 is 6.35. The molecule has 1 N–H and O–H groups in total. The second-order valence-corrected chi connectivity index (χ2v) is 6.59. The largest absolute Gasteiger partial charge is 0.480 e. The van der Waals surface area contributed by atoms with Crippen LogP contribution in [0.3, 0.4) is 0 Å². The summed E-state index contributed by atoms with van der Waals surface area (Å²) in [5.74, 6) is -0.542. The van der Waals surface area contributed by atoms with Crippen LogP contribution < -0.4 is 0 Å². The minimum absolute atomic E-state index is 0.215. The van der Waals surface area contributed by atoms with Gasteiger partial charge in [-0.1, -0.05) is 28.1 Å². The Morgan fingerprint density at radius 2 is 2.09 bits per heavy atom. The van der Waals surface area contributed by atoms with Crippen LogP contribution in [0.4, 0.5) is 0 Å². The molecule has 1 aliphatic heterocycles. The third-order valence-electron chi connectivity index (χ3n) is 4.11. The summed E-state index contributed by atoms with van der Waals surface area (Å²) in [6.45, 7) is 3.80. The lowest BCUT2D eigenvalue weighted by Crippen LogP contribution is -2.48. The third kappa shape index (κ3) is 2.79. The quantitative estimate of drug-likeness (QED) is 0.871. The van der Waals surface area contributed by atoms with Crippen molar-refractivity contribution in [2.75, 3.05) is 0 Å². The van der Waals surface area contributed by atoms with Crippen molar-refractivity contribution < 1.29 is 19.1 Å². The van der Waals surface area contributed by atoms with Gasteiger partial charge in [0.05, 0.1) is 0 Å². The average molecular weight is 378 g/mol. The highest BCUT2D eigenvalue weighted by Crippen LogP contribution is 2.31. The van der Waals surface area contributed by atoms with E-state index >= 15 is 0 Å². The van der Waals surface area contributed by atoms with Gasteiger partial charge in [0.2, 0.25) is 0 Å². The molecule has 1 aromatic carbocycles. The number of hydrogen-bond donors (Lipinski definition) is 1. The SMILES string of the molecule is Cc1cc(C)c(C(=O)N2Cc3cccc(Br)c3CC2C(=O)O)o1. The van der Waals surface area contributed by atoms with Crippen molar-refractivity contribution >= 4 is 27.8 Å². The molecule has 0 radical (unpaired) electrons. The highest BCUT2D eigenvalue weighted by atomic mass is 79.9. The van der Waals surface area contributed by atoms with Crippen molar-refractivity contribution in [2.24, 2.45) is 0 Å². The van der Waals surface area contributed by atoms with Crippen LogP contribution >= 0.6 is 15.9 Å². The van der Waals surface area contributed by atoms with Gasteiger partial charge in [0.1, 0.15) is 11.8 Å². The Hall–Kier alpha value is -2.08. The van der Waals surface area contributed by atoms with Crippen molar-refractivity contribution in [1.29, 1.82) is 0 Å². The number of carbonyl (C=O) groups is 2. The molecule has 0 spiro atoms. The van der Waals surface area contributed by atoms with Crippen LogP contribution in [0.25, 0.3) is 0 Å². The van der Waals surface area contributed by atoms with Gasteiger partial charge in [-0.05, 0) is 37.1 Å². The monoisotopic (exact) mass is 377 g/mol. The summed E-state index contributed by atoms with van der Waals surface area (Å²) in [5, 5.41) is 9.56. The van der Waals surface area contributed by atoms with E-state index in [4.69, 9.17) is 4.42 Å². The number of aliphatic carboxylic acids is 1. The minimum Gasteiger partial charge on any atom is -0.480 e. The summed E-state index contributed by atoms with van der Waals surface area (Å²) in [6, 6.07) is 6.55. The zero-order valence-corrected chi connectivity index (χ0v) is 14.4. The molecule has 2 heterocycles. The van der Waals surface area contributed by atoms with Crippen LogP contribution in [0.15, 0.2) is 33.2 Å². The van der Waals surface area contributed by atoms with Gasteiger partial charge in [0.15, 0.2) is 5.76 Å². The van der Waals surface area contributed by atoms with Crippen LogP contribution in [-0.4, -0.2) is 27.9 Å². The van der Waals surface area contributed by atoms with Gasteiger partial charge in [-0.2, -0.15) is 0 Å². The number of benzene rings is 1. The van der Waals surface area contributed by atoms with Crippen molar-refractivity contribution in [3.05, 3.63) is 56.9 Å². The molecule has 0 fully saturated rings. The Labute approximate surface area is 142 Å². The molecule has 1 amide bonds. The molecule has 3 rings (SSSR count). The number of fused-ring (bicyclic) bond motifs is 1. The number of carboxylic acids is 1. The molecule has 0 saturated carbocycles. The number of furan rings is 1. The second-order valence-electron chi connectivity index (χ2n) is 5.74. The highest BCUT2D eigenvalue weighted by Gasteiger charge is 2.37. The van der Waals surface area contributed by atoms with Crippen LogP contribution in [0, 0.1) is 13.8 Å². The first kappa shape index (κ1) is 15.8. The summed E-state index contributed by atoms with van der Waals surface area (Å²) in [5.41, 5.74) is 2.61. The number of carboxylic acid groups (broad SMARTS) is 1. The fraction of sp³-hybridized carbons (Fsp3) is 0.294. The number of amides is 1. The van der Waals surface area contributed by atoms with Crippen molar-refractivity contribution in [1.82, 2.24) is 4.90 Å². The molecule has 0 aliphatic carbocycles. The van der Waals surface area contributed by atoms with Gasteiger partial charge in [-0.3, -0.25) is 4.79 Å². The number of hydrogen-bond acceptors (Lipinski definition) is 3. The number of rotatable bonds is 2. The predicted molar refractivity (Wildman–Crippen MR) is 87.3 cm³/mol. The van der Waals surface area contributed by atoms with Gasteiger partial charge in [-0.15, -0.1) is 0 Å². The molecule has 5 nitrogen and oxygen atoms in total. The summed E-state index contributed by atoms with van der Waals surface area (Å²) >= 11 is 3.46.